The molecule has 0 amide bonds. The number of methoxy groups -OCH3 is 3. The number of fused-ring (bicyclic) bond motifs is 1. The number of ether oxygens (including phenoxy) is 3. The number of benzene rings is 1. The van der Waals surface area contributed by atoms with Crippen LogP contribution < -0.4 is 19.5 Å². The van der Waals surface area contributed by atoms with Crippen molar-refractivity contribution in [3.8, 4) is 17.2 Å². The molecule has 0 fully saturated rings. The van der Waals surface area contributed by atoms with Gasteiger partial charge in [-0.2, -0.15) is 0 Å². The summed E-state index contributed by atoms with van der Waals surface area (Å²) in [5, 5.41) is 3.44. The summed E-state index contributed by atoms with van der Waals surface area (Å²) in [5.74, 6) is 2.81. The molecule has 0 aliphatic carbocycles. The first-order valence-electron chi connectivity index (χ1n) is 6.22. The normalized spacial score (nSPS) is 18.8. The zero-order chi connectivity index (χ0) is 13.1. The fourth-order valence-electron chi connectivity index (χ4n) is 2.53. The lowest BCUT2D eigenvalue weighted by atomic mass is 9.97. The molecule has 0 spiro atoms. The molecule has 0 bridgehead atoms. The molecule has 1 aliphatic heterocycles. The third kappa shape index (κ3) is 2.25. The summed E-state index contributed by atoms with van der Waals surface area (Å²) >= 11 is 0. The number of hydrogen-bond acceptors (Lipinski definition) is 4. The molecule has 0 saturated heterocycles. The van der Waals surface area contributed by atoms with Gasteiger partial charge in [-0.1, -0.05) is 6.92 Å². The molecule has 2 rings (SSSR count). The van der Waals surface area contributed by atoms with Crippen LogP contribution in [0.3, 0.4) is 0 Å². The Hall–Kier alpha value is -1.42. The van der Waals surface area contributed by atoms with Gasteiger partial charge in [0, 0.05) is 12.1 Å². The van der Waals surface area contributed by atoms with Crippen LogP contribution in [-0.2, 0) is 13.0 Å². The van der Waals surface area contributed by atoms with E-state index in [1.807, 2.05) is 0 Å². The van der Waals surface area contributed by atoms with E-state index in [1.165, 1.54) is 11.1 Å². The summed E-state index contributed by atoms with van der Waals surface area (Å²) in [4.78, 5) is 0. The Labute approximate surface area is 108 Å². The summed E-state index contributed by atoms with van der Waals surface area (Å²) in [6, 6.07) is 2.07. The minimum absolute atomic E-state index is 0.606. The molecule has 1 aromatic rings. The molecule has 1 N–H and O–H groups in total. The molecule has 1 aliphatic rings. The van der Waals surface area contributed by atoms with Crippen molar-refractivity contribution in [1.82, 2.24) is 5.32 Å². The van der Waals surface area contributed by atoms with Crippen LogP contribution in [-0.4, -0.2) is 27.9 Å². The molecule has 18 heavy (non-hydrogen) atoms. The molecule has 4 nitrogen and oxygen atoms in total. The Bertz CT molecular complexity index is 432. The second-order valence-corrected chi connectivity index (χ2v) is 4.72. The summed E-state index contributed by atoms with van der Waals surface area (Å²) < 4.78 is 16.3. The predicted octanol–water partition coefficient (Wildman–Crippen LogP) is 1.99. The molecule has 1 aromatic carbocycles. The zero-order valence-corrected chi connectivity index (χ0v) is 11.5. The maximum atomic E-state index is 5.52. The molecule has 0 radical (unpaired) electrons. The maximum Gasteiger partial charge on any atom is 0.203 e. The average molecular weight is 251 g/mol. The van der Waals surface area contributed by atoms with Gasteiger partial charge in [-0.05, 0) is 30.5 Å². The molecule has 1 heterocycles. The van der Waals surface area contributed by atoms with Gasteiger partial charge in [0.05, 0.1) is 21.3 Å². The second-order valence-electron chi connectivity index (χ2n) is 4.72. The molecule has 0 aromatic heterocycles. The van der Waals surface area contributed by atoms with Crippen molar-refractivity contribution < 1.29 is 14.2 Å². The smallest absolute Gasteiger partial charge is 0.203 e. The van der Waals surface area contributed by atoms with Crippen LogP contribution >= 0.6 is 0 Å². The van der Waals surface area contributed by atoms with Crippen LogP contribution in [0, 0.1) is 5.92 Å². The van der Waals surface area contributed by atoms with E-state index in [0.29, 0.717) is 11.7 Å². The van der Waals surface area contributed by atoms with Crippen LogP contribution in [0.2, 0.25) is 0 Å². The van der Waals surface area contributed by atoms with Crippen LogP contribution in [0.4, 0.5) is 0 Å². The van der Waals surface area contributed by atoms with Gasteiger partial charge in [-0.15, -0.1) is 0 Å². The Morgan fingerprint density at radius 3 is 2.44 bits per heavy atom. The van der Waals surface area contributed by atoms with Crippen molar-refractivity contribution in [3.05, 3.63) is 17.2 Å². The van der Waals surface area contributed by atoms with Gasteiger partial charge in [0.15, 0.2) is 11.5 Å². The van der Waals surface area contributed by atoms with Crippen LogP contribution in [0.15, 0.2) is 6.07 Å². The largest absolute Gasteiger partial charge is 0.493 e. The van der Waals surface area contributed by atoms with Gasteiger partial charge < -0.3 is 19.5 Å². The third-order valence-corrected chi connectivity index (χ3v) is 3.39. The summed E-state index contributed by atoms with van der Waals surface area (Å²) in [7, 11) is 4.97. The highest BCUT2D eigenvalue weighted by atomic mass is 16.5. The Morgan fingerprint density at radius 1 is 1.11 bits per heavy atom. The van der Waals surface area contributed by atoms with Crippen LogP contribution in [0.5, 0.6) is 17.2 Å². The minimum Gasteiger partial charge on any atom is -0.493 e. The van der Waals surface area contributed by atoms with E-state index in [0.717, 1.165) is 31.0 Å². The molecule has 1 atom stereocenters. The van der Waals surface area contributed by atoms with Crippen LogP contribution in [0.25, 0.3) is 0 Å². The van der Waals surface area contributed by atoms with Gasteiger partial charge in [-0.25, -0.2) is 0 Å². The summed E-state index contributed by atoms with van der Waals surface area (Å²) in [5.41, 5.74) is 2.46. The lowest BCUT2D eigenvalue weighted by Gasteiger charge is -2.18. The minimum atomic E-state index is 0.606. The number of rotatable bonds is 3. The topological polar surface area (TPSA) is 39.7 Å². The average Bonchev–Trinajstić information content (AvgIpc) is 2.56. The van der Waals surface area contributed by atoms with Crippen molar-refractivity contribution in [3.63, 3.8) is 0 Å². The van der Waals surface area contributed by atoms with E-state index >= 15 is 0 Å². The van der Waals surface area contributed by atoms with Crippen LogP contribution in [0.1, 0.15) is 18.1 Å². The van der Waals surface area contributed by atoms with E-state index in [9.17, 15) is 0 Å². The lowest BCUT2D eigenvalue weighted by Crippen LogP contribution is -2.18. The first-order chi connectivity index (χ1) is 8.71. The first kappa shape index (κ1) is 13.0. The molecular weight excluding hydrogens is 230 g/mol. The standard InChI is InChI=1S/C14H21NO3/c1-9-5-10-6-12(16-2)14(18-4)13(17-3)11(10)8-15-7-9/h6,9,15H,5,7-8H2,1-4H3. The Kier molecular flexibility index (Phi) is 3.97. The zero-order valence-electron chi connectivity index (χ0n) is 11.5. The van der Waals surface area contributed by atoms with Gasteiger partial charge >= 0.3 is 0 Å². The molecule has 0 saturated carbocycles. The van der Waals surface area contributed by atoms with Gasteiger partial charge in [0.2, 0.25) is 5.75 Å². The van der Waals surface area contributed by atoms with E-state index < -0.39 is 0 Å². The molecule has 100 valence electrons. The van der Waals surface area contributed by atoms with Crippen molar-refractivity contribution in [2.45, 2.75) is 19.9 Å². The van der Waals surface area contributed by atoms with E-state index in [1.54, 1.807) is 21.3 Å². The molecule has 1 unspecified atom stereocenters. The number of hydrogen-bond donors (Lipinski definition) is 1. The molecule has 4 heteroatoms. The predicted molar refractivity (Wildman–Crippen MR) is 70.7 cm³/mol. The van der Waals surface area contributed by atoms with Gasteiger partial charge in [0.25, 0.3) is 0 Å². The Morgan fingerprint density at radius 2 is 1.83 bits per heavy atom. The quantitative estimate of drug-likeness (QED) is 0.892. The highest BCUT2D eigenvalue weighted by Crippen LogP contribution is 2.43. The van der Waals surface area contributed by atoms with Crippen molar-refractivity contribution in [2.75, 3.05) is 27.9 Å². The van der Waals surface area contributed by atoms with Crippen molar-refractivity contribution >= 4 is 0 Å². The highest BCUT2D eigenvalue weighted by Gasteiger charge is 2.23. The fraction of sp³-hybridized carbons (Fsp3) is 0.571. The Balaban J connectivity index is 2.57. The highest BCUT2D eigenvalue weighted by molar-refractivity contribution is 5.59. The van der Waals surface area contributed by atoms with Crippen molar-refractivity contribution in [1.29, 1.82) is 0 Å². The lowest BCUT2D eigenvalue weighted by molar-refractivity contribution is 0.321. The maximum absolute atomic E-state index is 5.52. The molecular formula is C14H21NO3. The van der Waals surface area contributed by atoms with E-state index in [2.05, 4.69) is 18.3 Å². The summed E-state index contributed by atoms with van der Waals surface area (Å²) in [6.45, 7) is 4.07. The fourth-order valence-corrected chi connectivity index (χ4v) is 2.53. The number of nitrogens with one attached hydrogen (secondary N) is 1. The van der Waals surface area contributed by atoms with Crippen molar-refractivity contribution in [2.24, 2.45) is 5.92 Å². The van der Waals surface area contributed by atoms with Gasteiger partial charge in [0.1, 0.15) is 0 Å². The second kappa shape index (κ2) is 5.48. The van der Waals surface area contributed by atoms with E-state index in [-0.39, 0.29) is 0 Å². The third-order valence-electron chi connectivity index (χ3n) is 3.39. The van der Waals surface area contributed by atoms with E-state index in [4.69, 9.17) is 14.2 Å². The summed E-state index contributed by atoms with van der Waals surface area (Å²) in [6.07, 6.45) is 1.03. The van der Waals surface area contributed by atoms with Gasteiger partial charge in [-0.3, -0.25) is 0 Å². The SMILES string of the molecule is COc1cc2c(c(OC)c1OC)CNCC(C)C2. The first-order valence-corrected chi connectivity index (χ1v) is 6.22. The monoisotopic (exact) mass is 251 g/mol.